The molecule has 0 saturated heterocycles. The molecule has 4 amide bonds. The van der Waals surface area contributed by atoms with Gasteiger partial charge in [-0.15, -0.1) is 0 Å². The van der Waals surface area contributed by atoms with Crippen molar-refractivity contribution >= 4 is 41.4 Å². The number of amides is 4. The van der Waals surface area contributed by atoms with Crippen molar-refractivity contribution in [2.45, 2.75) is 144 Å². The number of unbranched alkanes of at least 4 members (excludes halogenated alkanes) is 2. The van der Waals surface area contributed by atoms with Gasteiger partial charge in [-0.1, -0.05) is 79.4 Å². The molecule has 4 N–H and O–H groups in total. The molecule has 1 aromatic rings. The SMILES string of the molecule is CC[C@H](C)[C@H](NC(=O)OC(C)(C)C)C(=O)Nc1cccc(COC(=O)C(CC(=O)OOC)N(C(=O)CCCCCC(C)C)C(=O)C(N)CC(C)C)c1. The van der Waals surface area contributed by atoms with Crippen LogP contribution < -0.4 is 16.4 Å². The first-order chi connectivity index (χ1) is 24.3. The van der Waals surface area contributed by atoms with Crippen LogP contribution in [0, 0.1) is 17.8 Å². The maximum Gasteiger partial charge on any atom is 0.408 e. The highest BCUT2D eigenvalue weighted by molar-refractivity contribution is 6.02. The number of ether oxygens (including phenoxy) is 2. The standard InChI is InChI=1S/C38H62N4O10/c1-11-26(6)33(41-37(48)51-38(7,8)9)34(45)40-28-18-15-17-27(21-28)23-50-36(47)30(22-32(44)52-49-10)42(35(46)29(39)20-25(4)5)31(43)19-14-12-13-16-24(2)3/h15,17-18,21,24-26,29-30,33H,11-14,16,19-20,22-23,39H2,1-10H3,(H,40,45)(H,41,48)/t26-,29?,30?,33-/m0/s1. The third kappa shape index (κ3) is 17.5. The van der Waals surface area contributed by atoms with Crippen molar-refractivity contribution in [2.75, 3.05) is 12.4 Å². The highest BCUT2D eigenvalue weighted by Gasteiger charge is 2.40. The molecule has 0 radical (unpaired) electrons. The molecule has 0 heterocycles. The lowest BCUT2D eigenvalue weighted by Crippen LogP contribution is -2.55. The Kier molecular flexibility index (Phi) is 20.2. The van der Waals surface area contributed by atoms with E-state index in [1.807, 2.05) is 27.7 Å². The summed E-state index contributed by atoms with van der Waals surface area (Å²) in [6.07, 6.45) is 2.47. The lowest BCUT2D eigenvalue weighted by atomic mass is 9.98. The first-order valence-electron chi connectivity index (χ1n) is 18.2. The number of rotatable bonds is 21. The second-order valence-electron chi connectivity index (χ2n) is 15.0. The predicted molar refractivity (Wildman–Crippen MR) is 196 cm³/mol. The third-order valence-electron chi connectivity index (χ3n) is 8.08. The molecule has 0 fully saturated rings. The van der Waals surface area contributed by atoms with Gasteiger partial charge in [0, 0.05) is 12.1 Å². The summed E-state index contributed by atoms with van der Waals surface area (Å²) in [4.78, 5) is 89.2. The van der Waals surface area contributed by atoms with Crippen LogP contribution in [0.2, 0.25) is 0 Å². The number of imide groups is 1. The fraction of sp³-hybridized carbons (Fsp3) is 0.684. The monoisotopic (exact) mass is 734 g/mol. The van der Waals surface area contributed by atoms with Gasteiger partial charge in [-0.3, -0.25) is 24.2 Å². The van der Waals surface area contributed by atoms with Gasteiger partial charge in [0.1, 0.15) is 24.3 Å². The summed E-state index contributed by atoms with van der Waals surface area (Å²) >= 11 is 0. The lowest BCUT2D eigenvalue weighted by molar-refractivity contribution is -0.255. The van der Waals surface area contributed by atoms with Crippen molar-refractivity contribution in [2.24, 2.45) is 23.5 Å². The number of hydrogen-bond donors (Lipinski definition) is 3. The molecular weight excluding hydrogens is 672 g/mol. The summed E-state index contributed by atoms with van der Waals surface area (Å²) in [6.45, 7) is 16.5. The molecule has 4 atom stereocenters. The summed E-state index contributed by atoms with van der Waals surface area (Å²) in [5.74, 6) is -3.65. The van der Waals surface area contributed by atoms with Gasteiger partial charge in [-0.05, 0) is 69.1 Å². The molecular formula is C38H62N4O10. The Bertz CT molecular complexity index is 1330. The number of hydrogen-bond acceptors (Lipinski definition) is 11. The molecule has 0 aromatic heterocycles. The quantitative estimate of drug-likeness (QED) is 0.0598. The molecule has 0 aliphatic heterocycles. The largest absolute Gasteiger partial charge is 0.459 e. The van der Waals surface area contributed by atoms with E-state index >= 15 is 0 Å². The number of esters is 1. The van der Waals surface area contributed by atoms with Crippen molar-refractivity contribution in [1.82, 2.24) is 10.2 Å². The van der Waals surface area contributed by atoms with Gasteiger partial charge >= 0.3 is 18.0 Å². The minimum atomic E-state index is -1.67. The molecule has 0 aliphatic carbocycles. The number of carbonyl (C=O) groups excluding carboxylic acids is 6. The van der Waals surface area contributed by atoms with Crippen LogP contribution in [0.5, 0.6) is 0 Å². The summed E-state index contributed by atoms with van der Waals surface area (Å²) in [5.41, 5.74) is 6.28. The molecule has 1 aromatic carbocycles. The number of benzene rings is 1. The third-order valence-corrected chi connectivity index (χ3v) is 8.08. The van der Waals surface area contributed by atoms with Crippen LogP contribution in [-0.2, 0) is 49.8 Å². The Morgan fingerprint density at radius 1 is 0.942 bits per heavy atom. The van der Waals surface area contributed by atoms with E-state index in [9.17, 15) is 28.8 Å². The predicted octanol–water partition coefficient (Wildman–Crippen LogP) is 5.81. The van der Waals surface area contributed by atoms with Gasteiger partial charge in [0.25, 0.3) is 0 Å². The molecule has 14 heteroatoms. The fourth-order valence-electron chi connectivity index (χ4n) is 5.27. The van der Waals surface area contributed by atoms with Crippen LogP contribution >= 0.6 is 0 Å². The van der Waals surface area contributed by atoms with Crippen LogP contribution in [0.3, 0.4) is 0 Å². The molecule has 1 rings (SSSR count). The molecule has 0 spiro atoms. The van der Waals surface area contributed by atoms with E-state index in [0.29, 0.717) is 30.0 Å². The van der Waals surface area contributed by atoms with Gasteiger partial charge in [0.05, 0.1) is 19.6 Å². The Labute approximate surface area is 309 Å². The first kappa shape index (κ1) is 46.0. The van der Waals surface area contributed by atoms with Gasteiger partial charge < -0.3 is 25.8 Å². The Morgan fingerprint density at radius 3 is 2.19 bits per heavy atom. The van der Waals surface area contributed by atoms with Crippen LogP contribution in [-0.4, -0.2) is 71.5 Å². The van der Waals surface area contributed by atoms with E-state index in [1.54, 1.807) is 45.0 Å². The van der Waals surface area contributed by atoms with Gasteiger partial charge in [-0.25, -0.2) is 14.4 Å². The second-order valence-corrected chi connectivity index (χ2v) is 15.0. The first-order valence-corrected chi connectivity index (χ1v) is 18.2. The Morgan fingerprint density at radius 2 is 1.62 bits per heavy atom. The molecule has 0 aliphatic rings. The van der Waals surface area contributed by atoms with Gasteiger partial charge in [0.15, 0.2) is 0 Å². The number of nitrogens with one attached hydrogen (secondary N) is 2. The van der Waals surface area contributed by atoms with E-state index in [1.165, 1.54) is 0 Å². The van der Waals surface area contributed by atoms with Gasteiger partial charge in [-0.2, -0.15) is 4.89 Å². The highest BCUT2D eigenvalue weighted by Crippen LogP contribution is 2.20. The zero-order valence-corrected chi connectivity index (χ0v) is 32.7. The van der Waals surface area contributed by atoms with Crippen molar-refractivity contribution in [3.63, 3.8) is 0 Å². The lowest BCUT2D eigenvalue weighted by Gasteiger charge is -2.30. The molecule has 294 valence electrons. The molecule has 0 saturated carbocycles. The minimum Gasteiger partial charge on any atom is -0.459 e. The molecule has 2 unspecified atom stereocenters. The minimum absolute atomic E-state index is 0.0112. The van der Waals surface area contributed by atoms with Gasteiger partial charge in [0.2, 0.25) is 17.7 Å². The van der Waals surface area contributed by atoms with Crippen LogP contribution in [0.15, 0.2) is 24.3 Å². The van der Waals surface area contributed by atoms with E-state index in [4.69, 9.17) is 15.2 Å². The topological polar surface area (TPSA) is 193 Å². The summed E-state index contributed by atoms with van der Waals surface area (Å²) in [5, 5.41) is 5.44. The highest BCUT2D eigenvalue weighted by atomic mass is 17.2. The maximum atomic E-state index is 13.7. The molecule has 52 heavy (non-hydrogen) atoms. The number of nitrogens with two attached hydrogens (primary N) is 1. The average Bonchev–Trinajstić information content (AvgIpc) is 3.04. The normalized spacial score (nSPS) is 13.8. The summed E-state index contributed by atoms with van der Waals surface area (Å²) in [6, 6.07) is 2.81. The van der Waals surface area contributed by atoms with Crippen molar-refractivity contribution in [3.05, 3.63) is 29.8 Å². The summed E-state index contributed by atoms with van der Waals surface area (Å²) in [7, 11) is 1.11. The smallest absolute Gasteiger partial charge is 0.408 e. The van der Waals surface area contributed by atoms with Crippen LogP contribution in [0.25, 0.3) is 0 Å². The number of anilines is 1. The number of nitrogens with zero attached hydrogens (tertiary/aromatic N) is 1. The van der Waals surface area contributed by atoms with Crippen molar-refractivity contribution < 1.29 is 48.0 Å². The van der Waals surface area contributed by atoms with E-state index in [2.05, 4.69) is 34.3 Å². The zero-order valence-electron chi connectivity index (χ0n) is 32.7. The Balaban J connectivity index is 3.27. The Hall–Kier alpha value is -4.04. The molecule has 0 bridgehead atoms. The number of carbonyl (C=O) groups is 6. The van der Waals surface area contributed by atoms with E-state index in [-0.39, 0.29) is 31.3 Å². The van der Waals surface area contributed by atoms with Crippen LogP contribution in [0.1, 0.15) is 119 Å². The molecule has 14 nitrogen and oxygen atoms in total. The van der Waals surface area contributed by atoms with Crippen LogP contribution in [0.4, 0.5) is 10.5 Å². The summed E-state index contributed by atoms with van der Waals surface area (Å²) < 4.78 is 10.9. The van der Waals surface area contributed by atoms with Crippen molar-refractivity contribution in [3.8, 4) is 0 Å². The fourth-order valence-corrected chi connectivity index (χ4v) is 5.27. The van der Waals surface area contributed by atoms with Crippen molar-refractivity contribution in [1.29, 1.82) is 0 Å². The average molecular weight is 735 g/mol. The van der Waals surface area contributed by atoms with E-state index < -0.39 is 65.9 Å². The maximum absolute atomic E-state index is 13.7. The zero-order chi connectivity index (χ0) is 39.6. The van der Waals surface area contributed by atoms with E-state index in [0.717, 1.165) is 31.3 Å². The number of alkyl carbamates (subject to hydrolysis) is 1. The second kappa shape index (κ2) is 22.8.